The van der Waals surface area contributed by atoms with Crippen molar-refractivity contribution in [3.63, 3.8) is 0 Å². The molecular formula is C23H21N3O3. The summed E-state index contributed by atoms with van der Waals surface area (Å²) in [5.41, 5.74) is 2.35. The Morgan fingerprint density at radius 2 is 1.72 bits per heavy atom. The van der Waals surface area contributed by atoms with Gasteiger partial charge in [-0.05, 0) is 60.3 Å². The molecule has 0 saturated heterocycles. The van der Waals surface area contributed by atoms with Crippen molar-refractivity contribution in [3.8, 4) is 0 Å². The van der Waals surface area contributed by atoms with Gasteiger partial charge in [0.05, 0.1) is 6.26 Å². The predicted octanol–water partition coefficient (Wildman–Crippen LogP) is 4.31. The van der Waals surface area contributed by atoms with Crippen molar-refractivity contribution in [2.24, 2.45) is 0 Å². The number of amides is 2. The number of aromatic nitrogens is 1. The number of aryl methyl sites for hydroxylation is 1. The lowest BCUT2D eigenvalue weighted by Crippen LogP contribution is -2.25. The molecule has 146 valence electrons. The molecule has 0 fully saturated rings. The Morgan fingerprint density at radius 3 is 2.52 bits per heavy atom. The standard InChI is InChI=1S/C23H21N3O3/c27-22(24-13-4-14-26-15-12-17-5-1-2-6-20(17)26)18-8-10-19(11-9-18)25-23(28)21-7-3-16-29-21/h1-3,5-12,15-16H,4,13-14H2,(H,24,27)(H,25,28). The number of nitrogens with zero attached hydrogens (tertiary/aromatic N) is 1. The van der Waals surface area contributed by atoms with Crippen LogP contribution in [0.4, 0.5) is 5.69 Å². The number of hydrogen-bond acceptors (Lipinski definition) is 3. The molecule has 4 rings (SSSR count). The number of anilines is 1. The van der Waals surface area contributed by atoms with E-state index in [2.05, 4.69) is 39.6 Å². The van der Waals surface area contributed by atoms with Crippen LogP contribution in [-0.2, 0) is 6.54 Å². The van der Waals surface area contributed by atoms with Gasteiger partial charge in [0.15, 0.2) is 5.76 Å². The van der Waals surface area contributed by atoms with Crippen molar-refractivity contribution < 1.29 is 14.0 Å². The van der Waals surface area contributed by atoms with Gasteiger partial charge in [0.2, 0.25) is 0 Å². The van der Waals surface area contributed by atoms with Crippen LogP contribution in [0.2, 0.25) is 0 Å². The van der Waals surface area contributed by atoms with E-state index in [-0.39, 0.29) is 17.6 Å². The molecule has 6 heteroatoms. The van der Waals surface area contributed by atoms with E-state index in [4.69, 9.17) is 4.42 Å². The zero-order valence-electron chi connectivity index (χ0n) is 15.8. The fraction of sp³-hybridized carbons (Fsp3) is 0.130. The Balaban J connectivity index is 1.26. The molecule has 2 heterocycles. The largest absolute Gasteiger partial charge is 0.459 e. The van der Waals surface area contributed by atoms with Crippen LogP contribution in [-0.4, -0.2) is 22.9 Å². The fourth-order valence-corrected chi connectivity index (χ4v) is 3.19. The van der Waals surface area contributed by atoms with Crippen LogP contribution in [0.3, 0.4) is 0 Å². The van der Waals surface area contributed by atoms with Gasteiger partial charge >= 0.3 is 0 Å². The number of carbonyl (C=O) groups excluding carboxylic acids is 2. The molecule has 0 spiro atoms. The van der Waals surface area contributed by atoms with Gasteiger partial charge in [-0.2, -0.15) is 0 Å². The average molecular weight is 387 g/mol. The second-order valence-corrected chi connectivity index (χ2v) is 6.69. The number of carbonyl (C=O) groups is 2. The summed E-state index contributed by atoms with van der Waals surface area (Å²) in [5, 5.41) is 6.88. The number of fused-ring (bicyclic) bond motifs is 1. The van der Waals surface area contributed by atoms with Crippen LogP contribution in [0.15, 0.2) is 83.6 Å². The Hall–Kier alpha value is -3.80. The molecule has 0 aliphatic heterocycles. The summed E-state index contributed by atoms with van der Waals surface area (Å²) in [6, 6.07) is 20.4. The second kappa shape index (κ2) is 8.48. The topological polar surface area (TPSA) is 76.3 Å². The van der Waals surface area contributed by atoms with E-state index in [1.807, 2.05) is 12.1 Å². The fourth-order valence-electron chi connectivity index (χ4n) is 3.19. The van der Waals surface area contributed by atoms with Crippen LogP contribution in [0.1, 0.15) is 27.3 Å². The number of rotatable bonds is 7. The minimum absolute atomic E-state index is 0.133. The highest BCUT2D eigenvalue weighted by Gasteiger charge is 2.10. The van der Waals surface area contributed by atoms with Gasteiger partial charge in [-0.3, -0.25) is 9.59 Å². The lowest BCUT2D eigenvalue weighted by atomic mass is 10.2. The minimum atomic E-state index is -0.329. The first-order valence-corrected chi connectivity index (χ1v) is 9.48. The SMILES string of the molecule is O=C(NCCCn1ccc2ccccc21)c1ccc(NC(=O)c2ccco2)cc1. The lowest BCUT2D eigenvalue weighted by Gasteiger charge is -2.08. The van der Waals surface area contributed by atoms with E-state index in [0.29, 0.717) is 17.8 Å². The molecule has 0 unspecified atom stereocenters. The Labute approximate surface area is 168 Å². The number of hydrogen-bond donors (Lipinski definition) is 2. The monoisotopic (exact) mass is 387 g/mol. The van der Waals surface area contributed by atoms with Gasteiger partial charge in [0, 0.05) is 36.1 Å². The van der Waals surface area contributed by atoms with Crippen LogP contribution in [0.5, 0.6) is 0 Å². The lowest BCUT2D eigenvalue weighted by molar-refractivity contribution is 0.0952. The molecule has 2 aromatic carbocycles. The van der Waals surface area contributed by atoms with Crippen molar-refractivity contribution in [2.45, 2.75) is 13.0 Å². The maximum atomic E-state index is 12.3. The molecular weight excluding hydrogens is 366 g/mol. The van der Waals surface area contributed by atoms with E-state index < -0.39 is 0 Å². The Kier molecular flexibility index (Phi) is 5.42. The Bertz CT molecular complexity index is 1110. The third kappa shape index (κ3) is 4.38. The smallest absolute Gasteiger partial charge is 0.291 e. The number of nitrogens with one attached hydrogen (secondary N) is 2. The van der Waals surface area contributed by atoms with Gasteiger partial charge in [0.25, 0.3) is 11.8 Å². The van der Waals surface area contributed by atoms with Crippen LogP contribution >= 0.6 is 0 Å². The first kappa shape index (κ1) is 18.6. The summed E-state index contributed by atoms with van der Waals surface area (Å²) >= 11 is 0. The quantitative estimate of drug-likeness (QED) is 0.464. The molecule has 2 N–H and O–H groups in total. The maximum Gasteiger partial charge on any atom is 0.291 e. The molecule has 4 aromatic rings. The highest BCUT2D eigenvalue weighted by molar-refractivity contribution is 6.02. The van der Waals surface area contributed by atoms with E-state index in [9.17, 15) is 9.59 Å². The summed E-state index contributed by atoms with van der Waals surface area (Å²) in [4.78, 5) is 24.3. The molecule has 0 aliphatic rings. The van der Waals surface area contributed by atoms with Crippen molar-refractivity contribution in [1.29, 1.82) is 0 Å². The van der Waals surface area contributed by atoms with Crippen LogP contribution < -0.4 is 10.6 Å². The summed E-state index contributed by atoms with van der Waals surface area (Å²) in [6.45, 7) is 1.42. The first-order chi connectivity index (χ1) is 14.2. The van der Waals surface area contributed by atoms with E-state index in [1.165, 1.54) is 17.2 Å². The zero-order valence-corrected chi connectivity index (χ0v) is 15.8. The van der Waals surface area contributed by atoms with Gasteiger partial charge in [-0.1, -0.05) is 18.2 Å². The van der Waals surface area contributed by atoms with Crippen LogP contribution in [0, 0.1) is 0 Å². The second-order valence-electron chi connectivity index (χ2n) is 6.69. The third-order valence-corrected chi connectivity index (χ3v) is 4.69. The number of para-hydroxylation sites is 1. The van der Waals surface area contributed by atoms with Crippen molar-refractivity contribution >= 4 is 28.4 Å². The molecule has 0 saturated carbocycles. The van der Waals surface area contributed by atoms with Crippen molar-refractivity contribution in [1.82, 2.24) is 9.88 Å². The molecule has 2 amide bonds. The summed E-state index contributed by atoms with van der Waals surface area (Å²) < 4.78 is 7.25. The molecule has 0 atom stereocenters. The highest BCUT2D eigenvalue weighted by atomic mass is 16.3. The first-order valence-electron chi connectivity index (χ1n) is 9.48. The molecule has 2 aromatic heterocycles. The molecule has 29 heavy (non-hydrogen) atoms. The summed E-state index contributed by atoms with van der Waals surface area (Å²) in [5.74, 6) is -0.224. The third-order valence-electron chi connectivity index (χ3n) is 4.69. The Morgan fingerprint density at radius 1 is 0.897 bits per heavy atom. The van der Waals surface area contributed by atoms with Gasteiger partial charge in [0.1, 0.15) is 0 Å². The highest BCUT2D eigenvalue weighted by Crippen LogP contribution is 2.15. The van der Waals surface area contributed by atoms with Crippen LogP contribution in [0.25, 0.3) is 10.9 Å². The van der Waals surface area contributed by atoms with Gasteiger partial charge in [-0.15, -0.1) is 0 Å². The normalized spacial score (nSPS) is 10.8. The summed E-state index contributed by atoms with van der Waals surface area (Å²) in [6.07, 6.45) is 4.35. The van der Waals surface area contributed by atoms with Gasteiger partial charge in [-0.25, -0.2) is 0 Å². The van der Waals surface area contributed by atoms with E-state index in [1.54, 1.807) is 36.4 Å². The van der Waals surface area contributed by atoms with E-state index in [0.717, 1.165) is 13.0 Å². The maximum absolute atomic E-state index is 12.3. The summed E-state index contributed by atoms with van der Waals surface area (Å²) in [7, 11) is 0. The molecule has 0 bridgehead atoms. The predicted molar refractivity (Wildman–Crippen MR) is 112 cm³/mol. The minimum Gasteiger partial charge on any atom is -0.459 e. The van der Waals surface area contributed by atoms with Gasteiger partial charge < -0.3 is 19.6 Å². The molecule has 0 radical (unpaired) electrons. The number of benzene rings is 2. The van der Waals surface area contributed by atoms with E-state index >= 15 is 0 Å². The van der Waals surface area contributed by atoms with Crippen molar-refractivity contribution in [2.75, 3.05) is 11.9 Å². The number of furan rings is 1. The van der Waals surface area contributed by atoms with Crippen molar-refractivity contribution in [3.05, 3.63) is 90.5 Å². The molecule has 0 aliphatic carbocycles. The average Bonchev–Trinajstić information content (AvgIpc) is 3.42. The zero-order chi connectivity index (χ0) is 20.1. The molecule has 6 nitrogen and oxygen atoms in total.